The number of hydrogen-bond donors (Lipinski definition) is 2. The quantitative estimate of drug-likeness (QED) is 0.647. The second-order valence-corrected chi connectivity index (χ2v) is 10.6. The predicted octanol–water partition coefficient (Wildman–Crippen LogP) is 3.75. The van der Waals surface area contributed by atoms with Gasteiger partial charge in [0.2, 0.25) is 0 Å². The van der Waals surface area contributed by atoms with E-state index in [0.29, 0.717) is 24.0 Å². The van der Waals surface area contributed by atoms with E-state index in [4.69, 9.17) is 0 Å². The second kappa shape index (κ2) is 8.54. The number of benzene rings is 1. The van der Waals surface area contributed by atoms with E-state index >= 15 is 0 Å². The van der Waals surface area contributed by atoms with Crippen molar-refractivity contribution in [1.29, 1.82) is 0 Å². The average Bonchev–Trinajstić information content (AvgIpc) is 2.75. The Morgan fingerprint density at radius 2 is 1.75 bits per heavy atom. The topological polar surface area (TPSA) is 74.6 Å². The Morgan fingerprint density at radius 3 is 2.41 bits per heavy atom. The minimum Gasteiger partial charge on any atom is -0.506 e. The SMILES string of the molecule is CC(C)Cn1c(=O)c(C(=O)NCCCN2C3CC4CC(C3)CC2C4)c(O)c2ccccc21. The van der Waals surface area contributed by atoms with Gasteiger partial charge < -0.3 is 15.0 Å². The van der Waals surface area contributed by atoms with Gasteiger partial charge in [0.1, 0.15) is 11.3 Å². The molecule has 6 rings (SSSR count). The Kier molecular flexibility index (Phi) is 5.74. The summed E-state index contributed by atoms with van der Waals surface area (Å²) in [5, 5.41) is 14.2. The third-order valence-electron chi connectivity index (χ3n) is 7.83. The summed E-state index contributed by atoms with van der Waals surface area (Å²) in [5.74, 6) is 1.44. The van der Waals surface area contributed by atoms with Crippen LogP contribution in [0.4, 0.5) is 0 Å². The number of rotatable bonds is 7. The summed E-state index contributed by atoms with van der Waals surface area (Å²) >= 11 is 0. The average molecular weight is 438 g/mol. The molecule has 1 amide bonds. The monoisotopic (exact) mass is 437 g/mol. The minimum absolute atomic E-state index is 0.140. The summed E-state index contributed by atoms with van der Waals surface area (Å²) in [6.07, 6.45) is 7.70. The Morgan fingerprint density at radius 1 is 1.09 bits per heavy atom. The fourth-order valence-corrected chi connectivity index (χ4v) is 6.68. The molecule has 32 heavy (non-hydrogen) atoms. The van der Waals surface area contributed by atoms with Crippen molar-refractivity contribution in [2.45, 2.75) is 71.0 Å². The van der Waals surface area contributed by atoms with Gasteiger partial charge in [-0.15, -0.1) is 0 Å². The Balaban J connectivity index is 1.27. The molecule has 1 aromatic heterocycles. The van der Waals surface area contributed by atoms with E-state index in [1.54, 1.807) is 10.6 Å². The number of nitrogens with one attached hydrogen (secondary N) is 1. The predicted molar refractivity (Wildman–Crippen MR) is 126 cm³/mol. The first kappa shape index (κ1) is 21.5. The van der Waals surface area contributed by atoms with E-state index in [2.05, 4.69) is 10.2 Å². The molecule has 0 unspecified atom stereocenters. The molecule has 3 heterocycles. The summed E-state index contributed by atoms with van der Waals surface area (Å²) < 4.78 is 1.62. The molecule has 2 aliphatic heterocycles. The highest BCUT2D eigenvalue weighted by molar-refractivity contribution is 6.02. The van der Waals surface area contributed by atoms with Gasteiger partial charge in [-0.3, -0.25) is 14.5 Å². The zero-order valence-corrected chi connectivity index (χ0v) is 19.2. The molecule has 0 atom stereocenters. The van der Waals surface area contributed by atoms with Gasteiger partial charge in [-0.25, -0.2) is 0 Å². The molecule has 1 aromatic carbocycles. The molecule has 0 spiro atoms. The minimum atomic E-state index is -0.476. The van der Waals surface area contributed by atoms with Crippen LogP contribution in [0, 0.1) is 17.8 Å². The second-order valence-electron chi connectivity index (χ2n) is 10.6. The molecular formula is C26H35N3O3. The molecule has 4 aliphatic rings. The number of amides is 1. The lowest BCUT2D eigenvalue weighted by Crippen LogP contribution is -2.58. The van der Waals surface area contributed by atoms with Gasteiger partial charge in [-0.05, 0) is 68.4 Å². The van der Waals surface area contributed by atoms with E-state index in [9.17, 15) is 14.7 Å². The van der Waals surface area contributed by atoms with Crippen molar-refractivity contribution in [1.82, 2.24) is 14.8 Å². The number of hydrogen-bond acceptors (Lipinski definition) is 4. The molecule has 4 fully saturated rings. The smallest absolute Gasteiger partial charge is 0.267 e. The van der Waals surface area contributed by atoms with Gasteiger partial charge in [0.25, 0.3) is 11.5 Å². The lowest BCUT2D eigenvalue weighted by Gasteiger charge is -2.56. The summed E-state index contributed by atoms with van der Waals surface area (Å²) in [5.41, 5.74) is 0.103. The Hall–Kier alpha value is -2.34. The van der Waals surface area contributed by atoms with Gasteiger partial charge in [0.05, 0.1) is 5.52 Å². The van der Waals surface area contributed by atoms with Crippen molar-refractivity contribution in [3.8, 4) is 5.75 Å². The molecule has 2 saturated carbocycles. The van der Waals surface area contributed by atoms with Crippen molar-refractivity contribution < 1.29 is 9.90 Å². The fourth-order valence-electron chi connectivity index (χ4n) is 6.68. The first-order valence-electron chi connectivity index (χ1n) is 12.3. The van der Waals surface area contributed by atoms with Crippen LogP contribution in [0.2, 0.25) is 0 Å². The van der Waals surface area contributed by atoms with Crippen LogP contribution < -0.4 is 10.9 Å². The first-order chi connectivity index (χ1) is 15.4. The maximum Gasteiger partial charge on any atom is 0.267 e. The number of carbonyl (C=O) groups excluding carboxylic acids is 1. The van der Waals surface area contributed by atoms with Crippen molar-refractivity contribution in [3.63, 3.8) is 0 Å². The normalized spacial score (nSPS) is 26.8. The van der Waals surface area contributed by atoms with Crippen LogP contribution in [0.5, 0.6) is 5.75 Å². The van der Waals surface area contributed by atoms with Crippen LogP contribution in [0.25, 0.3) is 10.9 Å². The number of nitrogens with zero attached hydrogens (tertiary/aromatic N) is 2. The molecule has 172 valence electrons. The lowest BCUT2D eigenvalue weighted by atomic mass is 9.63. The molecule has 4 bridgehead atoms. The summed E-state index contributed by atoms with van der Waals surface area (Å²) in [6.45, 7) is 6.08. The molecule has 2 aromatic rings. The maximum atomic E-state index is 13.2. The fraction of sp³-hybridized carbons (Fsp3) is 0.615. The van der Waals surface area contributed by atoms with Crippen LogP contribution in [-0.4, -0.2) is 45.7 Å². The number of para-hydroxylation sites is 1. The highest BCUT2D eigenvalue weighted by atomic mass is 16.3. The maximum absolute atomic E-state index is 13.2. The highest BCUT2D eigenvalue weighted by Crippen LogP contribution is 2.49. The summed E-state index contributed by atoms with van der Waals surface area (Å²) in [7, 11) is 0. The van der Waals surface area contributed by atoms with Crippen molar-refractivity contribution in [2.24, 2.45) is 17.8 Å². The van der Waals surface area contributed by atoms with Gasteiger partial charge in [0.15, 0.2) is 0 Å². The standard InChI is InChI=1S/C26H35N3O3/c1-16(2)15-29-22-7-4-3-6-21(22)24(30)23(26(29)32)25(31)27-8-5-9-28-19-11-17-10-18(13-19)14-20(28)12-17/h3-4,6-7,16-20,30H,5,8-15H2,1-2H3,(H,27,31). The van der Waals surface area contributed by atoms with Crippen LogP contribution in [-0.2, 0) is 6.54 Å². The number of pyridine rings is 1. The number of fused-ring (bicyclic) bond motifs is 1. The largest absolute Gasteiger partial charge is 0.506 e. The third-order valence-corrected chi connectivity index (χ3v) is 7.83. The summed E-state index contributed by atoms with van der Waals surface area (Å²) in [4.78, 5) is 28.8. The van der Waals surface area contributed by atoms with Gasteiger partial charge in [-0.1, -0.05) is 26.0 Å². The Labute approximate surface area is 189 Å². The molecular weight excluding hydrogens is 402 g/mol. The molecule has 2 aliphatic carbocycles. The van der Waals surface area contributed by atoms with E-state index in [1.807, 2.05) is 32.0 Å². The van der Waals surface area contributed by atoms with E-state index in [0.717, 1.165) is 36.9 Å². The van der Waals surface area contributed by atoms with Gasteiger partial charge in [0, 0.05) is 37.1 Å². The Bertz CT molecular complexity index is 1050. The molecule has 6 nitrogen and oxygen atoms in total. The number of piperidine rings is 2. The third kappa shape index (κ3) is 3.83. The van der Waals surface area contributed by atoms with Crippen LogP contribution in [0.15, 0.2) is 29.1 Å². The van der Waals surface area contributed by atoms with Crippen LogP contribution in [0.1, 0.15) is 62.7 Å². The zero-order chi connectivity index (χ0) is 22.4. The van der Waals surface area contributed by atoms with Crippen LogP contribution >= 0.6 is 0 Å². The number of aromatic hydroxyl groups is 1. The molecule has 2 N–H and O–H groups in total. The summed E-state index contributed by atoms with van der Waals surface area (Å²) in [6, 6.07) is 8.70. The van der Waals surface area contributed by atoms with Crippen LogP contribution in [0.3, 0.4) is 0 Å². The van der Waals surface area contributed by atoms with E-state index in [-0.39, 0.29) is 17.2 Å². The molecule has 2 saturated heterocycles. The van der Waals surface area contributed by atoms with E-state index < -0.39 is 11.5 Å². The first-order valence-corrected chi connectivity index (χ1v) is 12.3. The zero-order valence-electron chi connectivity index (χ0n) is 19.2. The van der Waals surface area contributed by atoms with Crippen molar-refractivity contribution in [3.05, 3.63) is 40.2 Å². The number of carbonyl (C=O) groups is 1. The molecule has 6 heteroatoms. The van der Waals surface area contributed by atoms with Crippen molar-refractivity contribution >= 4 is 16.8 Å². The number of aromatic nitrogens is 1. The van der Waals surface area contributed by atoms with E-state index in [1.165, 1.54) is 32.1 Å². The lowest BCUT2D eigenvalue weighted by molar-refractivity contribution is -0.0587. The molecule has 0 radical (unpaired) electrons. The van der Waals surface area contributed by atoms with Gasteiger partial charge >= 0.3 is 0 Å². The highest BCUT2D eigenvalue weighted by Gasteiger charge is 2.46. The van der Waals surface area contributed by atoms with Crippen molar-refractivity contribution in [2.75, 3.05) is 13.1 Å². The van der Waals surface area contributed by atoms with Gasteiger partial charge in [-0.2, -0.15) is 0 Å².